The van der Waals surface area contributed by atoms with Crippen molar-refractivity contribution in [1.82, 2.24) is 4.90 Å². The van der Waals surface area contributed by atoms with Crippen LogP contribution in [0.25, 0.3) is 0 Å². The first-order valence-electron chi connectivity index (χ1n) is 14.4. The number of hydrogen-bond acceptors (Lipinski definition) is 8. The van der Waals surface area contributed by atoms with Gasteiger partial charge in [0, 0.05) is 50.5 Å². The summed E-state index contributed by atoms with van der Waals surface area (Å²) in [7, 11) is 5.01. The van der Waals surface area contributed by atoms with Crippen molar-refractivity contribution in [3.05, 3.63) is 29.8 Å². The van der Waals surface area contributed by atoms with E-state index in [9.17, 15) is 15.0 Å². The number of benzene rings is 1. The molecule has 38 heavy (non-hydrogen) atoms. The van der Waals surface area contributed by atoms with E-state index < -0.39 is 29.4 Å². The number of esters is 1. The summed E-state index contributed by atoms with van der Waals surface area (Å²) in [6.45, 7) is 4.23. The van der Waals surface area contributed by atoms with Crippen molar-refractivity contribution in [3.63, 3.8) is 0 Å². The van der Waals surface area contributed by atoms with Crippen LogP contribution in [0.2, 0.25) is 0 Å². The Morgan fingerprint density at radius 3 is 2.37 bits per heavy atom. The summed E-state index contributed by atoms with van der Waals surface area (Å²) in [4.78, 5) is 16.1. The average molecular weight is 528 g/mol. The molecule has 12 atom stereocenters. The van der Waals surface area contributed by atoms with Gasteiger partial charge in [0.2, 0.25) is 0 Å². The first kappa shape index (κ1) is 25.3. The summed E-state index contributed by atoms with van der Waals surface area (Å²) in [5.41, 5.74) is -2.24. The molecule has 6 aliphatic rings. The molecule has 2 N–H and O–H groups in total. The van der Waals surface area contributed by atoms with Gasteiger partial charge in [0.25, 0.3) is 0 Å². The van der Waals surface area contributed by atoms with Crippen LogP contribution >= 0.6 is 0 Å². The third-order valence-corrected chi connectivity index (χ3v) is 12.1. The molecule has 5 saturated carbocycles. The molecule has 1 aromatic carbocycles. The van der Waals surface area contributed by atoms with Crippen LogP contribution in [0.5, 0.6) is 5.75 Å². The Morgan fingerprint density at radius 1 is 0.974 bits per heavy atom. The molecule has 5 aliphatic carbocycles. The minimum atomic E-state index is -1.37. The Morgan fingerprint density at radius 2 is 1.71 bits per heavy atom. The molecule has 1 heterocycles. The molecule has 1 spiro atoms. The smallest absolute Gasteiger partial charge is 0.338 e. The number of likely N-dealkylation sites (tertiary alicyclic amines) is 1. The van der Waals surface area contributed by atoms with Crippen LogP contribution < -0.4 is 4.74 Å². The molecule has 1 aliphatic heterocycles. The first-order valence-corrected chi connectivity index (χ1v) is 14.4. The van der Waals surface area contributed by atoms with E-state index in [2.05, 4.69) is 11.8 Å². The highest BCUT2D eigenvalue weighted by molar-refractivity contribution is 5.89. The van der Waals surface area contributed by atoms with Crippen LogP contribution in [0, 0.1) is 35.0 Å². The summed E-state index contributed by atoms with van der Waals surface area (Å²) in [6.07, 6.45) is 2.50. The van der Waals surface area contributed by atoms with Crippen molar-refractivity contribution in [2.24, 2.45) is 35.0 Å². The Bertz CT molecular complexity index is 1110. The lowest BCUT2D eigenvalue weighted by Crippen LogP contribution is -2.75. The molecular formula is C30H41NO7. The number of piperidine rings is 1. The zero-order chi connectivity index (χ0) is 26.6. The number of aliphatic hydroxyl groups is 2. The molecule has 1 aromatic rings. The minimum absolute atomic E-state index is 0.0249. The van der Waals surface area contributed by atoms with E-state index in [4.69, 9.17) is 18.9 Å². The maximum absolute atomic E-state index is 13.5. The molecule has 6 fully saturated rings. The topological polar surface area (TPSA) is 97.7 Å². The van der Waals surface area contributed by atoms with Crippen molar-refractivity contribution in [2.45, 2.75) is 74.6 Å². The fourth-order valence-corrected chi connectivity index (χ4v) is 11.0. The van der Waals surface area contributed by atoms with Gasteiger partial charge in [0.05, 0.1) is 30.5 Å². The van der Waals surface area contributed by atoms with Crippen molar-refractivity contribution >= 4 is 5.97 Å². The van der Waals surface area contributed by atoms with E-state index in [1.54, 1.807) is 38.5 Å². The Labute approximate surface area is 224 Å². The van der Waals surface area contributed by atoms with Gasteiger partial charge in [-0.05, 0) is 74.2 Å². The van der Waals surface area contributed by atoms with Gasteiger partial charge in [-0.3, -0.25) is 4.90 Å². The van der Waals surface area contributed by atoms with Crippen molar-refractivity contribution in [2.75, 3.05) is 34.4 Å². The van der Waals surface area contributed by atoms with Gasteiger partial charge in [-0.2, -0.15) is 0 Å². The molecule has 7 rings (SSSR count). The number of nitrogens with zero attached hydrogens (tertiary/aromatic N) is 1. The van der Waals surface area contributed by atoms with Gasteiger partial charge < -0.3 is 29.2 Å². The maximum atomic E-state index is 13.5. The van der Waals surface area contributed by atoms with Gasteiger partial charge in [-0.15, -0.1) is 0 Å². The highest BCUT2D eigenvalue weighted by atomic mass is 16.6. The summed E-state index contributed by atoms with van der Waals surface area (Å²) in [5, 5.41) is 25.1. The molecule has 8 heteroatoms. The predicted molar refractivity (Wildman–Crippen MR) is 138 cm³/mol. The van der Waals surface area contributed by atoms with Crippen LogP contribution in [0.4, 0.5) is 0 Å². The fourth-order valence-electron chi connectivity index (χ4n) is 11.0. The normalized spacial score (nSPS) is 50.1. The molecule has 3 unspecified atom stereocenters. The van der Waals surface area contributed by atoms with E-state index in [0.717, 1.165) is 32.4 Å². The van der Waals surface area contributed by atoms with Gasteiger partial charge in [-0.1, -0.05) is 6.92 Å². The van der Waals surface area contributed by atoms with Gasteiger partial charge in [0.15, 0.2) is 0 Å². The van der Waals surface area contributed by atoms with Gasteiger partial charge in [-0.25, -0.2) is 4.79 Å². The summed E-state index contributed by atoms with van der Waals surface area (Å²) in [6, 6.07) is 7.01. The zero-order valence-corrected chi connectivity index (χ0v) is 22.8. The Hall–Kier alpha value is -1.71. The Balaban J connectivity index is 1.35. The SMILES string of the molecule is CCN1C[C@@H]2CCC(OC)[C@@]34[C@@H]2C[C@@H]([C@@H]13)[C@@]1(O)CC(OC)[C@@]2(O)C[C@@H]4[C@@H]1C2OC(=O)c1ccc(OC)cc1. The Kier molecular flexibility index (Phi) is 5.59. The maximum Gasteiger partial charge on any atom is 0.338 e. The number of carbonyl (C=O) groups excluding carboxylic acids is 1. The summed E-state index contributed by atoms with van der Waals surface area (Å²) >= 11 is 0. The monoisotopic (exact) mass is 527 g/mol. The fraction of sp³-hybridized carbons (Fsp3) is 0.767. The third-order valence-electron chi connectivity index (χ3n) is 12.1. The van der Waals surface area contributed by atoms with Crippen LogP contribution in [0.3, 0.4) is 0 Å². The molecule has 8 nitrogen and oxygen atoms in total. The predicted octanol–water partition coefficient (Wildman–Crippen LogP) is 2.50. The lowest BCUT2D eigenvalue weighted by Gasteiger charge is -2.67. The quantitative estimate of drug-likeness (QED) is 0.545. The standard InChI is InChI=1S/C30H41NO7/c1-5-31-15-17-8-11-22(36-3)30-19(17)12-20(25(30)31)28(33)14-23(37-4)29(34)13-21(30)24(28)26(29)38-27(32)16-6-9-18(35-2)10-7-16/h6-7,9-10,17,19-26,33-34H,5,8,11-15H2,1-4H3/t17-,19+,20-,21+,22?,23?,24+,25+,26?,28-,29-,30-/m0/s1. The second-order valence-corrected chi connectivity index (χ2v) is 12.8. The zero-order valence-electron chi connectivity index (χ0n) is 22.8. The molecule has 1 saturated heterocycles. The number of hydrogen-bond donors (Lipinski definition) is 2. The first-order chi connectivity index (χ1) is 18.3. The van der Waals surface area contributed by atoms with E-state index in [-0.39, 0.29) is 35.3 Å². The van der Waals surface area contributed by atoms with Crippen LogP contribution in [-0.2, 0) is 14.2 Å². The summed E-state index contributed by atoms with van der Waals surface area (Å²) in [5.74, 6) is 0.810. The number of ether oxygens (including phenoxy) is 4. The van der Waals surface area contributed by atoms with E-state index in [1.165, 1.54) is 0 Å². The minimum Gasteiger partial charge on any atom is -0.497 e. The number of fused-ring (bicyclic) bond motifs is 2. The highest BCUT2D eigenvalue weighted by Gasteiger charge is 2.84. The summed E-state index contributed by atoms with van der Waals surface area (Å²) < 4.78 is 23.7. The van der Waals surface area contributed by atoms with Crippen LogP contribution in [0.15, 0.2) is 24.3 Å². The van der Waals surface area contributed by atoms with Gasteiger partial charge >= 0.3 is 5.97 Å². The third kappa shape index (κ3) is 2.86. The number of rotatable bonds is 6. The largest absolute Gasteiger partial charge is 0.497 e. The number of methoxy groups -OCH3 is 3. The van der Waals surface area contributed by atoms with E-state index >= 15 is 0 Å². The molecule has 0 amide bonds. The van der Waals surface area contributed by atoms with Crippen LogP contribution in [0.1, 0.15) is 49.4 Å². The van der Waals surface area contributed by atoms with Crippen molar-refractivity contribution in [3.8, 4) is 5.75 Å². The molecule has 7 bridgehead atoms. The lowest BCUT2D eigenvalue weighted by atomic mass is 9.46. The molecule has 208 valence electrons. The second kappa shape index (κ2) is 8.40. The van der Waals surface area contributed by atoms with E-state index in [1.807, 2.05) is 7.11 Å². The van der Waals surface area contributed by atoms with Crippen molar-refractivity contribution in [1.29, 1.82) is 0 Å². The highest BCUT2D eigenvalue weighted by Crippen LogP contribution is 2.77. The van der Waals surface area contributed by atoms with Gasteiger partial charge in [0.1, 0.15) is 17.5 Å². The second-order valence-electron chi connectivity index (χ2n) is 12.8. The van der Waals surface area contributed by atoms with Crippen molar-refractivity contribution < 1.29 is 34.0 Å². The average Bonchev–Trinajstić information content (AvgIpc) is 3.31. The molecule has 0 aromatic heterocycles. The van der Waals surface area contributed by atoms with E-state index in [0.29, 0.717) is 36.0 Å². The number of carbonyl (C=O) groups is 1. The lowest BCUT2D eigenvalue weighted by molar-refractivity contribution is -0.271. The van der Waals surface area contributed by atoms with Crippen LogP contribution in [-0.4, -0.2) is 91.1 Å². The molecule has 0 radical (unpaired) electrons. The molecular weight excluding hydrogens is 486 g/mol.